The molecule has 0 saturated carbocycles. The number of nitrogens with zero attached hydrogens (tertiary/aromatic N) is 1. The molecule has 1 aromatic carbocycles. The van der Waals surface area contributed by atoms with Crippen molar-refractivity contribution < 1.29 is 9.09 Å². The number of benzene rings is 1. The predicted molar refractivity (Wildman–Crippen MR) is 70.2 cm³/mol. The minimum Gasteiger partial charge on any atom is -0.317 e. The quantitative estimate of drug-likeness (QED) is 0.769. The third kappa shape index (κ3) is 3.19. The molecule has 1 heterocycles. The van der Waals surface area contributed by atoms with Gasteiger partial charge in [-0.25, -0.2) is 4.67 Å². The standard InChI is InChI=1S/C13H20NO2P/c1-2-11-17(15)14(9-6-10-16-17)12-13-7-4-3-5-8-13/h3-5,7-8H,2,6,9-12H2,1H3. The summed E-state index contributed by atoms with van der Waals surface area (Å²) in [6, 6.07) is 10.2. The zero-order chi connectivity index (χ0) is 12.1. The molecule has 2 rings (SSSR count). The molecule has 1 aromatic rings. The Morgan fingerprint density at radius 3 is 2.82 bits per heavy atom. The molecule has 0 bridgehead atoms. The van der Waals surface area contributed by atoms with Crippen molar-refractivity contribution >= 4 is 7.52 Å². The normalized spacial score (nSPS) is 25.9. The maximum atomic E-state index is 12.7. The first-order chi connectivity index (χ1) is 8.24. The third-order valence-electron chi connectivity index (χ3n) is 3.00. The van der Waals surface area contributed by atoms with Crippen LogP contribution in [0.3, 0.4) is 0 Å². The van der Waals surface area contributed by atoms with E-state index in [-0.39, 0.29) is 0 Å². The smallest absolute Gasteiger partial charge is 0.272 e. The highest BCUT2D eigenvalue weighted by Gasteiger charge is 2.33. The van der Waals surface area contributed by atoms with Crippen molar-refractivity contribution in [3.8, 4) is 0 Å². The molecule has 1 aliphatic rings. The Bertz CT molecular complexity index is 388. The van der Waals surface area contributed by atoms with E-state index in [1.54, 1.807) is 0 Å². The molecular formula is C13H20NO2P. The maximum Gasteiger partial charge on any atom is 0.272 e. The molecule has 1 unspecified atom stereocenters. The van der Waals surface area contributed by atoms with Gasteiger partial charge in [-0.2, -0.15) is 0 Å². The fourth-order valence-electron chi connectivity index (χ4n) is 2.16. The Morgan fingerprint density at radius 1 is 1.35 bits per heavy atom. The summed E-state index contributed by atoms with van der Waals surface area (Å²) in [5, 5.41) is 0. The van der Waals surface area contributed by atoms with Gasteiger partial charge in [0.2, 0.25) is 0 Å². The van der Waals surface area contributed by atoms with Gasteiger partial charge in [-0.15, -0.1) is 0 Å². The Kier molecular flexibility index (Phi) is 4.38. The fourth-order valence-corrected chi connectivity index (χ4v) is 4.54. The van der Waals surface area contributed by atoms with Crippen LogP contribution in [0, 0.1) is 0 Å². The van der Waals surface area contributed by atoms with Gasteiger partial charge in [0.25, 0.3) is 7.52 Å². The minimum absolute atomic E-state index is 0.641. The molecule has 0 amide bonds. The molecule has 17 heavy (non-hydrogen) atoms. The van der Waals surface area contributed by atoms with Crippen molar-refractivity contribution in [3.05, 3.63) is 35.9 Å². The van der Waals surface area contributed by atoms with Crippen LogP contribution in [0.1, 0.15) is 25.3 Å². The molecule has 0 radical (unpaired) electrons. The second-order valence-corrected chi connectivity index (χ2v) is 6.97. The van der Waals surface area contributed by atoms with Gasteiger partial charge in [0.15, 0.2) is 0 Å². The van der Waals surface area contributed by atoms with Gasteiger partial charge in [-0.1, -0.05) is 37.3 Å². The minimum atomic E-state index is -2.56. The van der Waals surface area contributed by atoms with Crippen LogP contribution in [0.4, 0.5) is 0 Å². The first kappa shape index (κ1) is 12.8. The van der Waals surface area contributed by atoms with Crippen molar-refractivity contribution in [2.45, 2.75) is 26.3 Å². The molecule has 1 fully saturated rings. The van der Waals surface area contributed by atoms with E-state index < -0.39 is 7.52 Å². The van der Waals surface area contributed by atoms with E-state index in [1.165, 1.54) is 5.56 Å². The van der Waals surface area contributed by atoms with Crippen LogP contribution in [0.5, 0.6) is 0 Å². The summed E-state index contributed by atoms with van der Waals surface area (Å²) in [6.07, 6.45) is 2.54. The van der Waals surface area contributed by atoms with Gasteiger partial charge in [0, 0.05) is 19.3 Å². The first-order valence-electron chi connectivity index (χ1n) is 6.27. The molecule has 3 nitrogen and oxygen atoms in total. The Labute approximate surface area is 103 Å². The zero-order valence-corrected chi connectivity index (χ0v) is 11.2. The highest BCUT2D eigenvalue weighted by atomic mass is 31.2. The molecule has 1 atom stereocenters. The maximum absolute atomic E-state index is 12.7. The van der Waals surface area contributed by atoms with Crippen LogP contribution in [-0.4, -0.2) is 24.0 Å². The molecule has 0 aromatic heterocycles. The predicted octanol–water partition coefficient (Wildman–Crippen LogP) is 3.51. The molecule has 1 saturated heterocycles. The summed E-state index contributed by atoms with van der Waals surface area (Å²) in [6.45, 7) is 4.31. The van der Waals surface area contributed by atoms with Crippen LogP contribution in [0.2, 0.25) is 0 Å². The van der Waals surface area contributed by atoms with Gasteiger partial charge in [0.05, 0.1) is 6.61 Å². The van der Waals surface area contributed by atoms with E-state index >= 15 is 0 Å². The molecule has 0 spiro atoms. The average Bonchev–Trinajstić information content (AvgIpc) is 2.34. The van der Waals surface area contributed by atoms with Crippen LogP contribution < -0.4 is 0 Å². The van der Waals surface area contributed by atoms with Crippen LogP contribution in [-0.2, 0) is 15.6 Å². The summed E-state index contributed by atoms with van der Waals surface area (Å²) in [4.78, 5) is 0. The topological polar surface area (TPSA) is 29.5 Å². The van der Waals surface area contributed by atoms with Gasteiger partial charge in [-0.05, 0) is 18.4 Å². The van der Waals surface area contributed by atoms with Gasteiger partial charge in [0.1, 0.15) is 0 Å². The molecule has 4 heteroatoms. The number of hydrogen-bond donors (Lipinski definition) is 0. The molecule has 0 aliphatic carbocycles. The average molecular weight is 253 g/mol. The number of rotatable bonds is 4. The van der Waals surface area contributed by atoms with E-state index in [1.807, 2.05) is 22.9 Å². The lowest BCUT2D eigenvalue weighted by Crippen LogP contribution is -2.29. The van der Waals surface area contributed by atoms with Crippen molar-refractivity contribution in [2.24, 2.45) is 0 Å². The monoisotopic (exact) mass is 253 g/mol. The van der Waals surface area contributed by atoms with E-state index in [4.69, 9.17) is 4.52 Å². The lowest BCUT2D eigenvalue weighted by molar-refractivity contribution is 0.202. The van der Waals surface area contributed by atoms with Crippen molar-refractivity contribution in [1.82, 2.24) is 4.67 Å². The summed E-state index contributed by atoms with van der Waals surface area (Å²) in [5.41, 5.74) is 1.20. The van der Waals surface area contributed by atoms with Crippen LogP contribution in [0.25, 0.3) is 0 Å². The second kappa shape index (κ2) is 5.81. The highest BCUT2D eigenvalue weighted by Crippen LogP contribution is 2.54. The van der Waals surface area contributed by atoms with E-state index in [0.29, 0.717) is 12.8 Å². The number of hydrogen-bond acceptors (Lipinski definition) is 2. The molecule has 94 valence electrons. The molecule has 0 N–H and O–H groups in total. The lowest BCUT2D eigenvalue weighted by atomic mass is 10.2. The second-order valence-electron chi connectivity index (χ2n) is 4.42. The van der Waals surface area contributed by atoms with Gasteiger partial charge < -0.3 is 4.52 Å². The Balaban J connectivity index is 2.09. The van der Waals surface area contributed by atoms with Crippen LogP contribution in [0.15, 0.2) is 30.3 Å². The summed E-state index contributed by atoms with van der Waals surface area (Å²) in [5.74, 6) is 0. The SMILES string of the molecule is CCCP1(=O)OCCCN1Cc1ccccc1. The highest BCUT2D eigenvalue weighted by molar-refractivity contribution is 7.56. The third-order valence-corrected chi connectivity index (χ3v) is 5.80. The Morgan fingerprint density at radius 2 is 2.12 bits per heavy atom. The summed E-state index contributed by atoms with van der Waals surface area (Å²) < 4.78 is 20.3. The van der Waals surface area contributed by atoms with E-state index in [9.17, 15) is 4.57 Å². The van der Waals surface area contributed by atoms with Crippen molar-refractivity contribution in [3.63, 3.8) is 0 Å². The first-order valence-corrected chi connectivity index (χ1v) is 8.04. The largest absolute Gasteiger partial charge is 0.317 e. The molecular weight excluding hydrogens is 233 g/mol. The van der Waals surface area contributed by atoms with Crippen molar-refractivity contribution in [1.29, 1.82) is 0 Å². The molecule has 1 aliphatic heterocycles. The fraction of sp³-hybridized carbons (Fsp3) is 0.538. The van der Waals surface area contributed by atoms with Crippen LogP contribution >= 0.6 is 7.52 Å². The summed E-state index contributed by atoms with van der Waals surface area (Å²) in [7, 11) is -2.56. The lowest BCUT2D eigenvalue weighted by Gasteiger charge is -2.35. The summed E-state index contributed by atoms with van der Waals surface area (Å²) >= 11 is 0. The zero-order valence-electron chi connectivity index (χ0n) is 10.3. The van der Waals surface area contributed by atoms with E-state index in [2.05, 4.69) is 19.1 Å². The van der Waals surface area contributed by atoms with E-state index in [0.717, 1.165) is 25.9 Å². The van der Waals surface area contributed by atoms with Gasteiger partial charge >= 0.3 is 0 Å². The van der Waals surface area contributed by atoms with Gasteiger partial charge in [-0.3, -0.25) is 4.57 Å². The van der Waals surface area contributed by atoms with Crippen molar-refractivity contribution in [2.75, 3.05) is 19.3 Å². The Hall–Kier alpha value is -0.630.